The lowest BCUT2D eigenvalue weighted by Crippen LogP contribution is -2.33. The molecule has 0 unspecified atom stereocenters. The molecule has 1 aliphatic rings. The summed E-state index contributed by atoms with van der Waals surface area (Å²) in [6, 6.07) is 0.469. The van der Waals surface area contributed by atoms with Gasteiger partial charge in [0.25, 0.3) is 0 Å². The highest BCUT2D eigenvalue weighted by Gasteiger charge is 2.26. The van der Waals surface area contributed by atoms with Crippen LogP contribution in [0.2, 0.25) is 0 Å². The van der Waals surface area contributed by atoms with E-state index in [-0.39, 0.29) is 5.91 Å². The molecule has 1 fully saturated rings. The first-order valence-electron chi connectivity index (χ1n) is 7.96. The van der Waals surface area contributed by atoms with Crippen LogP contribution in [-0.4, -0.2) is 49.7 Å². The van der Waals surface area contributed by atoms with Gasteiger partial charge in [0.2, 0.25) is 5.91 Å². The highest BCUT2D eigenvalue weighted by molar-refractivity contribution is 7.14. The van der Waals surface area contributed by atoms with Gasteiger partial charge in [-0.25, -0.2) is 9.97 Å². The number of carbonyl (C=O) groups is 1. The summed E-state index contributed by atoms with van der Waals surface area (Å²) in [5.74, 6) is 0.0404. The van der Waals surface area contributed by atoms with Crippen molar-refractivity contribution in [3.63, 3.8) is 0 Å². The molecular formula is C15H22N6OS. The molecule has 1 aliphatic heterocycles. The van der Waals surface area contributed by atoms with Gasteiger partial charge in [-0.15, -0.1) is 11.3 Å². The van der Waals surface area contributed by atoms with E-state index in [4.69, 9.17) is 0 Å². The SMILES string of the molecule is CCN(C(C)=O)c1nc(CN2CCC[C@H]2Cn2cncn2)cs1. The van der Waals surface area contributed by atoms with Gasteiger partial charge in [-0.05, 0) is 26.3 Å². The molecule has 3 heterocycles. The topological polar surface area (TPSA) is 67.2 Å². The van der Waals surface area contributed by atoms with Crippen molar-refractivity contribution in [3.05, 3.63) is 23.7 Å². The highest BCUT2D eigenvalue weighted by atomic mass is 32.1. The third-order valence-corrected chi connectivity index (χ3v) is 5.11. The maximum atomic E-state index is 11.6. The number of anilines is 1. The number of rotatable bonds is 6. The Kier molecular flexibility index (Phi) is 5.02. The highest BCUT2D eigenvalue weighted by Crippen LogP contribution is 2.25. The standard InChI is InChI=1S/C15H22N6OS/c1-3-21(12(2)22)15-18-13(9-23-15)7-19-6-4-5-14(19)8-20-11-16-10-17-20/h9-11,14H,3-8H2,1-2H3/t14-/m0/s1. The Balaban J connectivity index is 1.64. The summed E-state index contributed by atoms with van der Waals surface area (Å²) >= 11 is 1.54. The van der Waals surface area contributed by atoms with E-state index in [1.807, 2.05) is 11.6 Å². The lowest BCUT2D eigenvalue weighted by Gasteiger charge is -2.23. The van der Waals surface area contributed by atoms with Gasteiger partial charge >= 0.3 is 0 Å². The van der Waals surface area contributed by atoms with Crippen molar-refractivity contribution in [1.29, 1.82) is 0 Å². The van der Waals surface area contributed by atoms with Crippen molar-refractivity contribution in [2.45, 2.75) is 45.8 Å². The van der Waals surface area contributed by atoms with E-state index in [1.165, 1.54) is 12.8 Å². The van der Waals surface area contributed by atoms with Crippen molar-refractivity contribution >= 4 is 22.4 Å². The molecule has 124 valence electrons. The van der Waals surface area contributed by atoms with Gasteiger partial charge in [0.15, 0.2) is 5.13 Å². The average molecular weight is 334 g/mol. The van der Waals surface area contributed by atoms with E-state index < -0.39 is 0 Å². The Hall–Kier alpha value is -1.80. The number of hydrogen-bond acceptors (Lipinski definition) is 6. The fourth-order valence-electron chi connectivity index (χ4n) is 3.05. The predicted octanol–water partition coefficient (Wildman–Crippen LogP) is 1.77. The van der Waals surface area contributed by atoms with Crippen LogP contribution >= 0.6 is 11.3 Å². The molecule has 3 rings (SSSR count). The molecule has 1 saturated heterocycles. The van der Waals surface area contributed by atoms with Gasteiger partial charge in [0.1, 0.15) is 12.7 Å². The van der Waals surface area contributed by atoms with E-state index in [0.29, 0.717) is 12.6 Å². The normalized spacial score (nSPS) is 18.4. The summed E-state index contributed by atoms with van der Waals surface area (Å²) in [5.41, 5.74) is 1.04. The van der Waals surface area contributed by atoms with Crippen LogP contribution in [0.25, 0.3) is 0 Å². The van der Waals surface area contributed by atoms with E-state index in [0.717, 1.165) is 30.5 Å². The van der Waals surface area contributed by atoms with E-state index in [9.17, 15) is 4.79 Å². The minimum Gasteiger partial charge on any atom is -0.293 e. The number of hydrogen-bond donors (Lipinski definition) is 0. The third kappa shape index (κ3) is 3.76. The summed E-state index contributed by atoms with van der Waals surface area (Å²) in [4.78, 5) is 24.4. The van der Waals surface area contributed by atoms with Crippen LogP contribution in [0.4, 0.5) is 5.13 Å². The summed E-state index contributed by atoms with van der Waals surface area (Å²) in [6.07, 6.45) is 5.72. The van der Waals surface area contributed by atoms with Crippen molar-refractivity contribution in [3.8, 4) is 0 Å². The molecular weight excluding hydrogens is 312 g/mol. The fraction of sp³-hybridized carbons (Fsp3) is 0.600. The molecule has 0 aromatic carbocycles. The van der Waals surface area contributed by atoms with Crippen molar-refractivity contribution in [1.82, 2.24) is 24.6 Å². The molecule has 2 aromatic rings. The Bertz CT molecular complexity index is 640. The number of aromatic nitrogens is 4. The Morgan fingerprint density at radius 2 is 2.39 bits per heavy atom. The zero-order valence-corrected chi connectivity index (χ0v) is 14.4. The number of thiazole rings is 1. The van der Waals surface area contributed by atoms with Gasteiger partial charge in [-0.3, -0.25) is 19.3 Å². The van der Waals surface area contributed by atoms with Crippen LogP contribution in [0.5, 0.6) is 0 Å². The van der Waals surface area contributed by atoms with Crippen molar-refractivity contribution < 1.29 is 4.79 Å². The smallest absolute Gasteiger partial charge is 0.225 e. The summed E-state index contributed by atoms with van der Waals surface area (Å²) in [6.45, 7) is 6.98. The van der Waals surface area contributed by atoms with Crippen molar-refractivity contribution in [2.24, 2.45) is 0 Å². The summed E-state index contributed by atoms with van der Waals surface area (Å²) in [5, 5.41) is 7.06. The number of nitrogens with zero attached hydrogens (tertiary/aromatic N) is 6. The van der Waals surface area contributed by atoms with E-state index in [1.54, 1.807) is 35.8 Å². The van der Waals surface area contributed by atoms with Crippen LogP contribution in [-0.2, 0) is 17.9 Å². The molecule has 0 saturated carbocycles. The van der Waals surface area contributed by atoms with Crippen LogP contribution in [0.3, 0.4) is 0 Å². The van der Waals surface area contributed by atoms with E-state index in [2.05, 4.69) is 25.3 Å². The number of likely N-dealkylation sites (tertiary alicyclic amines) is 1. The van der Waals surface area contributed by atoms with Crippen LogP contribution in [0.1, 0.15) is 32.4 Å². The maximum Gasteiger partial charge on any atom is 0.225 e. The van der Waals surface area contributed by atoms with Gasteiger partial charge in [0, 0.05) is 31.4 Å². The molecule has 0 N–H and O–H groups in total. The molecule has 0 aliphatic carbocycles. The van der Waals surface area contributed by atoms with E-state index >= 15 is 0 Å². The first kappa shape index (κ1) is 16.1. The number of carbonyl (C=O) groups excluding carboxylic acids is 1. The van der Waals surface area contributed by atoms with Gasteiger partial charge < -0.3 is 0 Å². The predicted molar refractivity (Wildman–Crippen MR) is 89.3 cm³/mol. The molecule has 7 nitrogen and oxygen atoms in total. The zero-order valence-electron chi connectivity index (χ0n) is 13.6. The summed E-state index contributed by atoms with van der Waals surface area (Å²) in [7, 11) is 0. The second-order valence-electron chi connectivity index (χ2n) is 5.77. The molecule has 1 amide bonds. The molecule has 1 atom stereocenters. The molecule has 2 aromatic heterocycles. The Labute approximate surface area is 140 Å². The molecule has 0 spiro atoms. The second-order valence-corrected chi connectivity index (χ2v) is 6.61. The number of amides is 1. The maximum absolute atomic E-state index is 11.6. The van der Waals surface area contributed by atoms with Crippen LogP contribution < -0.4 is 4.90 Å². The first-order valence-corrected chi connectivity index (χ1v) is 8.84. The molecule has 0 radical (unpaired) electrons. The van der Waals surface area contributed by atoms with Gasteiger partial charge in [-0.1, -0.05) is 0 Å². The van der Waals surface area contributed by atoms with Crippen LogP contribution in [0.15, 0.2) is 18.0 Å². The first-order chi connectivity index (χ1) is 11.2. The average Bonchev–Trinajstić information content (AvgIpc) is 3.24. The largest absolute Gasteiger partial charge is 0.293 e. The second kappa shape index (κ2) is 7.18. The minimum absolute atomic E-state index is 0.0404. The molecule has 23 heavy (non-hydrogen) atoms. The van der Waals surface area contributed by atoms with Gasteiger partial charge in [0.05, 0.1) is 12.2 Å². The molecule has 8 heteroatoms. The zero-order chi connectivity index (χ0) is 16.2. The fourth-order valence-corrected chi connectivity index (χ4v) is 3.97. The lowest BCUT2D eigenvalue weighted by molar-refractivity contribution is -0.116. The Morgan fingerprint density at radius 3 is 3.09 bits per heavy atom. The minimum atomic E-state index is 0.0404. The Morgan fingerprint density at radius 1 is 1.52 bits per heavy atom. The summed E-state index contributed by atoms with van der Waals surface area (Å²) < 4.78 is 1.89. The van der Waals surface area contributed by atoms with Crippen molar-refractivity contribution in [2.75, 3.05) is 18.0 Å². The monoisotopic (exact) mass is 334 g/mol. The lowest BCUT2D eigenvalue weighted by atomic mass is 10.2. The van der Waals surface area contributed by atoms with Crippen LogP contribution in [0, 0.1) is 0 Å². The molecule has 0 bridgehead atoms. The van der Waals surface area contributed by atoms with Gasteiger partial charge in [-0.2, -0.15) is 5.10 Å². The third-order valence-electron chi connectivity index (χ3n) is 4.20. The quantitative estimate of drug-likeness (QED) is 0.805.